The third-order valence-corrected chi connectivity index (χ3v) is 4.83. The van der Waals surface area contributed by atoms with E-state index in [2.05, 4.69) is 0 Å². The lowest BCUT2D eigenvalue weighted by Gasteiger charge is -2.23. The van der Waals surface area contributed by atoms with Crippen molar-refractivity contribution in [2.75, 3.05) is 7.11 Å². The van der Waals surface area contributed by atoms with E-state index in [-0.39, 0.29) is 0 Å². The summed E-state index contributed by atoms with van der Waals surface area (Å²) in [6, 6.07) is 3.39. The largest absolute Gasteiger partial charge is 0.495 e. The Hall–Kier alpha value is -0.440. The van der Waals surface area contributed by atoms with Crippen molar-refractivity contribution in [3.8, 4) is 5.75 Å². The molecule has 0 bridgehead atoms. The van der Waals surface area contributed by atoms with Crippen molar-refractivity contribution in [1.29, 1.82) is 0 Å². The minimum Gasteiger partial charge on any atom is -0.495 e. The van der Waals surface area contributed by atoms with E-state index < -0.39 is 6.10 Å². The fourth-order valence-corrected chi connectivity index (χ4v) is 3.51. The van der Waals surface area contributed by atoms with Crippen LogP contribution in [0.15, 0.2) is 12.1 Å². The predicted molar refractivity (Wildman–Crippen MR) is 83.8 cm³/mol. The maximum Gasteiger partial charge on any atom is 0.138 e. The fraction of sp³-hybridized carbons (Fsp3) is 0.625. The quantitative estimate of drug-likeness (QED) is 0.788. The molecule has 2 nitrogen and oxygen atoms in total. The minimum absolute atomic E-state index is 0.489. The van der Waals surface area contributed by atoms with Gasteiger partial charge in [0.1, 0.15) is 5.75 Å². The molecular weight excluding hydrogens is 295 g/mol. The molecule has 1 aromatic rings. The van der Waals surface area contributed by atoms with Crippen LogP contribution in [0.3, 0.4) is 0 Å². The zero-order chi connectivity index (χ0) is 14.5. The van der Waals surface area contributed by atoms with Crippen LogP contribution in [0.2, 0.25) is 10.0 Å². The van der Waals surface area contributed by atoms with Gasteiger partial charge in [-0.1, -0.05) is 55.3 Å². The first-order valence-corrected chi connectivity index (χ1v) is 8.08. The molecule has 1 unspecified atom stereocenters. The number of ether oxygens (including phenoxy) is 1. The van der Waals surface area contributed by atoms with E-state index in [1.165, 1.54) is 32.1 Å². The first-order valence-electron chi connectivity index (χ1n) is 7.32. The first-order chi connectivity index (χ1) is 9.61. The third kappa shape index (κ3) is 4.03. The number of aliphatic hydroxyl groups is 1. The van der Waals surface area contributed by atoms with Gasteiger partial charge in [-0.05, 0) is 24.8 Å². The van der Waals surface area contributed by atoms with Crippen LogP contribution in [0.5, 0.6) is 5.75 Å². The molecule has 0 aliphatic heterocycles. The predicted octanol–water partition coefficient (Wildman–Crippen LogP) is 5.40. The summed E-state index contributed by atoms with van der Waals surface area (Å²) in [6.45, 7) is 0. The monoisotopic (exact) mass is 316 g/mol. The van der Waals surface area contributed by atoms with Gasteiger partial charge in [-0.25, -0.2) is 0 Å². The number of aliphatic hydroxyl groups excluding tert-OH is 1. The highest BCUT2D eigenvalue weighted by Crippen LogP contribution is 2.36. The average molecular weight is 317 g/mol. The van der Waals surface area contributed by atoms with Crippen LogP contribution in [-0.2, 0) is 0 Å². The highest BCUT2D eigenvalue weighted by atomic mass is 35.5. The van der Waals surface area contributed by atoms with Crippen molar-refractivity contribution in [1.82, 2.24) is 0 Å². The Morgan fingerprint density at radius 2 is 1.90 bits per heavy atom. The zero-order valence-corrected chi connectivity index (χ0v) is 13.4. The highest BCUT2D eigenvalue weighted by Gasteiger charge is 2.18. The van der Waals surface area contributed by atoms with Gasteiger partial charge in [-0.2, -0.15) is 0 Å². The molecule has 1 saturated carbocycles. The van der Waals surface area contributed by atoms with Gasteiger partial charge in [0.05, 0.1) is 23.3 Å². The lowest BCUT2D eigenvalue weighted by Crippen LogP contribution is -2.08. The number of benzene rings is 1. The lowest BCUT2D eigenvalue weighted by atomic mass is 9.85. The molecule has 0 amide bonds. The molecule has 0 saturated heterocycles. The van der Waals surface area contributed by atoms with Crippen LogP contribution in [0, 0.1) is 5.92 Å². The molecule has 1 aromatic carbocycles. The summed E-state index contributed by atoms with van der Waals surface area (Å²) >= 11 is 12.3. The molecule has 4 heteroatoms. The smallest absolute Gasteiger partial charge is 0.138 e. The summed E-state index contributed by atoms with van der Waals surface area (Å²) in [5, 5.41) is 11.3. The van der Waals surface area contributed by atoms with Crippen LogP contribution in [-0.4, -0.2) is 12.2 Å². The standard InChI is InChI=1S/C16H22Cl2O2/c1-20-16-10-13(17)12(9-14(16)18)15(19)8-7-11-5-3-2-4-6-11/h9-11,15,19H,2-8H2,1H3. The van der Waals surface area contributed by atoms with Crippen LogP contribution >= 0.6 is 23.2 Å². The van der Waals surface area contributed by atoms with Crippen molar-refractivity contribution in [3.05, 3.63) is 27.7 Å². The lowest BCUT2D eigenvalue weighted by molar-refractivity contribution is 0.151. The summed E-state index contributed by atoms with van der Waals surface area (Å²) in [6.07, 6.45) is 7.86. The molecule has 20 heavy (non-hydrogen) atoms. The van der Waals surface area contributed by atoms with Crippen molar-refractivity contribution >= 4 is 23.2 Å². The van der Waals surface area contributed by atoms with E-state index in [1.54, 1.807) is 19.2 Å². The van der Waals surface area contributed by atoms with Gasteiger partial charge in [-0.15, -0.1) is 0 Å². The van der Waals surface area contributed by atoms with Crippen LogP contribution in [0.4, 0.5) is 0 Å². The summed E-state index contributed by atoms with van der Waals surface area (Å²) in [7, 11) is 1.55. The van der Waals surface area contributed by atoms with Gasteiger partial charge in [0.15, 0.2) is 0 Å². The molecule has 0 radical (unpaired) electrons. The van der Waals surface area contributed by atoms with E-state index in [0.29, 0.717) is 21.4 Å². The summed E-state index contributed by atoms with van der Waals surface area (Å²) < 4.78 is 5.12. The first kappa shape index (κ1) is 15.9. The molecule has 1 aliphatic rings. The average Bonchev–Trinajstić information content (AvgIpc) is 2.47. The second kappa shape index (κ2) is 7.53. The third-order valence-electron chi connectivity index (χ3n) is 4.20. The van der Waals surface area contributed by atoms with Crippen molar-refractivity contribution in [2.24, 2.45) is 5.92 Å². The number of hydrogen-bond donors (Lipinski definition) is 1. The Balaban J connectivity index is 1.97. The SMILES string of the molecule is COc1cc(Cl)c(C(O)CCC2CCCCC2)cc1Cl. The minimum atomic E-state index is -0.548. The molecule has 0 spiro atoms. The normalized spacial score (nSPS) is 18.0. The molecule has 112 valence electrons. The van der Waals surface area contributed by atoms with Crippen LogP contribution in [0.25, 0.3) is 0 Å². The molecule has 1 atom stereocenters. The van der Waals surface area contributed by atoms with Gasteiger partial charge in [0.25, 0.3) is 0 Å². The summed E-state index contributed by atoms with van der Waals surface area (Å²) in [5.41, 5.74) is 0.702. The Bertz CT molecular complexity index is 442. The summed E-state index contributed by atoms with van der Waals surface area (Å²) in [4.78, 5) is 0. The van der Waals surface area contributed by atoms with Crippen molar-refractivity contribution in [2.45, 2.75) is 51.0 Å². The van der Waals surface area contributed by atoms with Crippen LogP contribution < -0.4 is 4.74 Å². The Morgan fingerprint density at radius 1 is 1.20 bits per heavy atom. The summed E-state index contributed by atoms with van der Waals surface area (Å²) in [5.74, 6) is 1.30. The molecule has 1 fully saturated rings. The topological polar surface area (TPSA) is 29.5 Å². The van der Waals surface area contributed by atoms with Gasteiger partial charge in [-0.3, -0.25) is 0 Å². The molecule has 1 aliphatic carbocycles. The second-order valence-electron chi connectivity index (χ2n) is 5.61. The van der Waals surface area contributed by atoms with E-state index in [0.717, 1.165) is 18.8 Å². The van der Waals surface area contributed by atoms with Gasteiger partial charge in [0.2, 0.25) is 0 Å². The number of halogens is 2. The molecular formula is C16H22Cl2O2. The number of hydrogen-bond acceptors (Lipinski definition) is 2. The van der Waals surface area contributed by atoms with Crippen molar-refractivity contribution in [3.63, 3.8) is 0 Å². The molecule has 0 aromatic heterocycles. The van der Waals surface area contributed by atoms with E-state index in [9.17, 15) is 5.11 Å². The van der Waals surface area contributed by atoms with Crippen LogP contribution in [0.1, 0.15) is 56.6 Å². The van der Waals surface area contributed by atoms with E-state index in [1.807, 2.05) is 0 Å². The van der Waals surface area contributed by atoms with Gasteiger partial charge >= 0.3 is 0 Å². The Morgan fingerprint density at radius 3 is 2.55 bits per heavy atom. The fourth-order valence-electron chi connectivity index (χ4n) is 2.98. The molecule has 0 heterocycles. The highest BCUT2D eigenvalue weighted by molar-refractivity contribution is 6.34. The van der Waals surface area contributed by atoms with Gasteiger partial charge in [0, 0.05) is 11.6 Å². The van der Waals surface area contributed by atoms with E-state index in [4.69, 9.17) is 27.9 Å². The van der Waals surface area contributed by atoms with E-state index >= 15 is 0 Å². The maximum atomic E-state index is 10.3. The number of rotatable bonds is 5. The second-order valence-corrected chi connectivity index (χ2v) is 6.42. The van der Waals surface area contributed by atoms with Gasteiger partial charge < -0.3 is 9.84 Å². The Kier molecular flexibility index (Phi) is 6.01. The van der Waals surface area contributed by atoms with Crippen molar-refractivity contribution < 1.29 is 9.84 Å². The Labute approximate surface area is 131 Å². The molecule has 2 rings (SSSR count). The number of methoxy groups -OCH3 is 1. The maximum absolute atomic E-state index is 10.3. The molecule has 1 N–H and O–H groups in total. The zero-order valence-electron chi connectivity index (χ0n) is 11.9.